The van der Waals surface area contributed by atoms with Gasteiger partial charge in [-0.3, -0.25) is 14.5 Å². The SMILES string of the molecule is C=CC[N+]1([C@H]2C[C@H]3C4CC[C@H]5C[C@H](OC=O)[C@@H](N(CC)CCC)C[C@]5(C)[C@H]4CC[C@]3(C)[C@H]2OC(=O)CC)CCCCC1. The number of ether oxygens (including phenoxy) is 2. The fourth-order valence-electron chi connectivity index (χ4n) is 11.7. The summed E-state index contributed by atoms with van der Waals surface area (Å²) in [5, 5.41) is 0. The monoisotopic (exact) mass is 585 g/mol. The number of rotatable bonds is 11. The lowest BCUT2D eigenvalue weighted by atomic mass is 9.44. The molecule has 0 aromatic rings. The molecule has 5 rings (SSSR count). The highest BCUT2D eigenvalue weighted by Gasteiger charge is 2.67. The molecule has 0 aromatic heterocycles. The Morgan fingerprint density at radius 2 is 1.79 bits per heavy atom. The van der Waals surface area contributed by atoms with Gasteiger partial charge in [-0.05, 0) is 112 Å². The number of carbonyl (C=O) groups excluding carboxylic acids is 2. The third kappa shape index (κ3) is 5.39. The van der Waals surface area contributed by atoms with E-state index in [2.05, 4.69) is 45.2 Å². The van der Waals surface area contributed by atoms with Crippen molar-refractivity contribution in [2.45, 2.75) is 136 Å². The van der Waals surface area contributed by atoms with Gasteiger partial charge in [0.15, 0.2) is 6.10 Å². The molecule has 10 atom stereocenters. The van der Waals surface area contributed by atoms with Crippen molar-refractivity contribution in [3.8, 4) is 0 Å². The summed E-state index contributed by atoms with van der Waals surface area (Å²) >= 11 is 0. The van der Waals surface area contributed by atoms with Gasteiger partial charge in [0, 0.05) is 24.3 Å². The molecule has 0 N–H and O–H groups in total. The molecule has 42 heavy (non-hydrogen) atoms. The summed E-state index contributed by atoms with van der Waals surface area (Å²) in [7, 11) is 0. The van der Waals surface area contributed by atoms with Gasteiger partial charge in [-0.1, -0.05) is 41.2 Å². The van der Waals surface area contributed by atoms with E-state index in [-0.39, 0.29) is 29.0 Å². The minimum absolute atomic E-state index is 0.00379. The van der Waals surface area contributed by atoms with E-state index in [1.807, 2.05) is 6.92 Å². The maximum atomic E-state index is 13.0. The number of hydrogen-bond acceptors (Lipinski definition) is 5. The molecule has 1 unspecified atom stereocenters. The van der Waals surface area contributed by atoms with Crippen LogP contribution < -0.4 is 0 Å². The summed E-state index contributed by atoms with van der Waals surface area (Å²) in [6.07, 6.45) is 15.8. The van der Waals surface area contributed by atoms with E-state index in [0.717, 1.165) is 49.8 Å². The lowest BCUT2D eigenvalue weighted by Crippen LogP contribution is -2.63. The van der Waals surface area contributed by atoms with E-state index in [1.54, 1.807) is 0 Å². The van der Waals surface area contributed by atoms with Crippen LogP contribution in [0.5, 0.6) is 0 Å². The van der Waals surface area contributed by atoms with Crippen molar-refractivity contribution < 1.29 is 23.5 Å². The molecule has 1 saturated heterocycles. The Kier molecular flexibility index (Phi) is 9.84. The molecule has 1 heterocycles. The van der Waals surface area contributed by atoms with Crippen LogP contribution >= 0.6 is 0 Å². The number of nitrogens with zero attached hydrogens (tertiary/aromatic N) is 2. The summed E-state index contributed by atoms with van der Waals surface area (Å²) in [6, 6.07) is 0.681. The van der Waals surface area contributed by atoms with Crippen molar-refractivity contribution in [3.63, 3.8) is 0 Å². The second-order valence-corrected chi connectivity index (χ2v) is 15.4. The van der Waals surface area contributed by atoms with E-state index >= 15 is 0 Å². The largest absolute Gasteiger partial charge is 0.463 e. The Morgan fingerprint density at radius 1 is 1.02 bits per heavy atom. The van der Waals surface area contributed by atoms with Crippen LogP contribution in [0.15, 0.2) is 12.7 Å². The highest BCUT2D eigenvalue weighted by atomic mass is 16.5. The first-order valence-electron chi connectivity index (χ1n) is 17.7. The van der Waals surface area contributed by atoms with Gasteiger partial charge < -0.3 is 14.0 Å². The first-order chi connectivity index (χ1) is 20.2. The van der Waals surface area contributed by atoms with Crippen LogP contribution in [0.1, 0.15) is 112 Å². The predicted molar refractivity (Wildman–Crippen MR) is 168 cm³/mol. The molecule has 0 aromatic carbocycles. The fraction of sp³-hybridized carbons (Fsp3) is 0.889. The van der Waals surface area contributed by atoms with Crippen LogP contribution in [-0.2, 0) is 19.1 Å². The molecule has 0 amide bonds. The molecule has 0 spiro atoms. The summed E-state index contributed by atoms with van der Waals surface area (Å²) in [5.74, 6) is 2.54. The maximum Gasteiger partial charge on any atom is 0.306 e. The Bertz CT molecular complexity index is 964. The third-order valence-electron chi connectivity index (χ3n) is 13.7. The van der Waals surface area contributed by atoms with Gasteiger partial charge in [-0.15, -0.1) is 0 Å². The molecule has 4 aliphatic carbocycles. The number of likely N-dealkylation sites (N-methyl/N-ethyl adjacent to an activating group) is 1. The zero-order valence-electron chi connectivity index (χ0n) is 27.5. The number of piperidine rings is 1. The van der Waals surface area contributed by atoms with Gasteiger partial charge in [0.05, 0.1) is 19.6 Å². The number of quaternary nitrogens is 1. The molecule has 4 saturated carbocycles. The first-order valence-corrected chi connectivity index (χ1v) is 17.7. The van der Waals surface area contributed by atoms with Crippen molar-refractivity contribution in [1.29, 1.82) is 0 Å². The number of likely N-dealkylation sites (tertiary alicyclic amines) is 1. The van der Waals surface area contributed by atoms with Crippen LogP contribution in [0.4, 0.5) is 0 Å². The van der Waals surface area contributed by atoms with Crippen molar-refractivity contribution in [1.82, 2.24) is 4.90 Å². The van der Waals surface area contributed by atoms with Crippen molar-refractivity contribution in [2.24, 2.45) is 34.5 Å². The standard InChI is InChI=1S/C36H61N2O4/c1-7-18-37(10-4)30-24-36(6)26(22-32(30)41-25-39)14-15-27-28(36)16-17-35(5)29(27)23-31(34(35)42-33(40)9-3)38(19-8-2)20-12-11-13-21-38/h8,25-32,34H,2,7,9-24H2,1,3-6H3/q+1/t26-,27?,28-,29-,30-,31-,32-,34-,35-,36-/m0/s1. The predicted octanol–water partition coefficient (Wildman–Crippen LogP) is 6.77. The lowest BCUT2D eigenvalue weighted by Gasteiger charge is -2.62. The number of hydrogen-bond donors (Lipinski definition) is 0. The molecular formula is C36H61N2O4+. The Morgan fingerprint density at radius 3 is 2.43 bits per heavy atom. The minimum atomic E-state index is -0.0228. The van der Waals surface area contributed by atoms with Crippen LogP contribution in [-0.4, -0.2) is 78.8 Å². The smallest absolute Gasteiger partial charge is 0.306 e. The Balaban J connectivity index is 1.47. The molecule has 6 nitrogen and oxygen atoms in total. The molecule has 5 fully saturated rings. The number of fused-ring (bicyclic) bond motifs is 5. The summed E-state index contributed by atoms with van der Waals surface area (Å²) in [4.78, 5) is 27.2. The zero-order chi connectivity index (χ0) is 30.1. The molecule has 0 bridgehead atoms. The van der Waals surface area contributed by atoms with Gasteiger partial charge >= 0.3 is 5.97 Å². The second kappa shape index (κ2) is 12.9. The fourth-order valence-corrected chi connectivity index (χ4v) is 11.7. The van der Waals surface area contributed by atoms with Crippen molar-refractivity contribution in [2.75, 3.05) is 32.7 Å². The molecule has 5 aliphatic rings. The topological polar surface area (TPSA) is 55.8 Å². The number of carbonyl (C=O) groups is 2. The normalized spacial score (nSPS) is 42.6. The van der Waals surface area contributed by atoms with Gasteiger partial charge in [-0.25, -0.2) is 0 Å². The van der Waals surface area contributed by atoms with E-state index in [0.29, 0.717) is 48.6 Å². The van der Waals surface area contributed by atoms with Crippen molar-refractivity contribution >= 4 is 12.4 Å². The maximum absolute atomic E-state index is 13.0. The zero-order valence-corrected chi connectivity index (χ0v) is 27.5. The van der Waals surface area contributed by atoms with E-state index in [1.165, 1.54) is 58.0 Å². The highest BCUT2D eigenvalue weighted by molar-refractivity contribution is 5.69. The molecule has 238 valence electrons. The Labute approximate surface area is 256 Å². The molecule has 1 aliphatic heterocycles. The number of esters is 1. The van der Waals surface area contributed by atoms with Gasteiger partial charge in [0.2, 0.25) is 0 Å². The van der Waals surface area contributed by atoms with E-state index in [9.17, 15) is 9.59 Å². The van der Waals surface area contributed by atoms with Gasteiger partial charge in [-0.2, -0.15) is 0 Å². The molecular weight excluding hydrogens is 524 g/mol. The second-order valence-electron chi connectivity index (χ2n) is 15.4. The van der Waals surface area contributed by atoms with Crippen molar-refractivity contribution in [3.05, 3.63) is 12.7 Å². The molecule has 0 radical (unpaired) electrons. The van der Waals surface area contributed by atoms with E-state index in [4.69, 9.17) is 9.47 Å². The van der Waals surface area contributed by atoms with Crippen LogP contribution in [0.3, 0.4) is 0 Å². The summed E-state index contributed by atoms with van der Waals surface area (Å²) in [6.45, 7) is 21.9. The molecule has 6 heteroatoms. The van der Waals surface area contributed by atoms with E-state index < -0.39 is 0 Å². The van der Waals surface area contributed by atoms with Crippen LogP contribution in [0.2, 0.25) is 0 Å². The first kappa shape index (κ1) is 32.0. The lowest BCUT2D eigenvalue weighted by molar-refractivity contribution is -0.952. The Hall–Kier alpha value is -1.40. The summed E-state index contributed by atoms with van der Waals surface area (Å²) < 4.78 is 13.5. The average molecular weight is 586 g/mol. The van der Waals surface area contributed by atoms with Crippen LogP contribution in [0.25, 0.3) is 0 Å². The minimum Gasteiger partial charge on any atom is -0.463 e. The average Bonchev–Trinajstić information content (AvgIpc) is 3.29. The van der Waals surface area contributed by atoms with Gasteiger partial charge in [0.1, 0.15) is 12.1 Å². The van der Waals surface area contributed by atoms with Gasteiger partial charge in [0.25, 0.3) is 6.47 Å². The van der Waals surface area contributed by atoms with Crippen LogP contribution in [0, 0.1) is 34.5 Å². The highest BCUT2D eigenvalue weighted by Crippen LogP contribution is 2.67. The summed E-state index contributed by atoms with van der Waals surface area (Å²) in [5.41, 5.74) is 0.295. The third-order valence-corrected chi connectivity index (χ3v) is 13.7. The quantitative estimate of drug-likeness (QED) is 0.116.